The SMILES string of the molecule is CCOC(=O)C(N)(CN(C)CC1(N(C)C)CCC1)C1CC1. The third kappa shape index (κ3) is 3.41. The van der Waals surface area contributed by atoms with Crippen molar-refractivity contribution >= 4 is 5.97 Å². The summed E-state index contributed by atoms with van der Waals surface area (Å²) in [5.41, 5.74) is 5.88. The van der Waals surface area contributed by atoms with Crippen molar-refractivity contribution in [3.8, 4) is 0 Å². The fourth-order valence-corrected chi connectivity index (χ4v) is 3.56. The van der Waals surface area contributed by atoms with Gasteiger partial charge in [0.05, 0.1) is 6.61 Å². The molecule has 0 radical (unpaired) electrons. The van der Waals surface area contributed by atoms with E-state index >= 15 is 0 Å². The van der Waals surface area contributed by atoms with E-state index in [0.717, 1.165) is 19.4 Å². The Labute approximate surface area is 128 Å². The van der Waals surface area contributed by atoms with Crippen LogP contribution in [0.25, 0.3) is 0 Å². The van der Waals surface area contributed by atoms with E-state index in [9.17, 15) is 4.79 Å². The fraction of sp³-hybridized carbons (Fsp3) is 0.938. The zero-order chi connectivity index (χ0) is 15.7. The molecule has 5 nitrogen and oxygen atoms in total. The summed E-state index contributed by atoms with van der Waals surface area (Å²) < 4.78 is 5.23. The number of likely N-dealkylation sites (N-methyl/N-ethyl adjacent to an activating group) is 2. The average Bonchev–Trinajstić information content (AvgIpc) is 3.17. The molecule has 5 heteroatoms. The first-order valence-corrected chi connectivity index (χ1v) is 8.16. The zero-order valence-electron chi connectivity index (χ0n) is 14.0. The number of nitrogens with two attached hydrogens (primary N) is 1. The average molecular weight is 297 g/mol. The Morgan fingerprint density at radius 1 is 1.33 bits per heavy atom. The minimum Gasteiger partial charge on any atom is -0.465 e. The third-order valence-corrected chi connectivity index (χ3v) is 5.29. The monoisotopic (exact) mass is 297 g/mol. The second kappa shape index (κ2) is 6.23. The lowest BCUT2D eigenvalue weighted by Crippen LogP contribution is -2.62. The van der Waals surface area contributed by atoms with Gasteiger partial charge in [-0.3, -0.25) is 0 Å². The van der Waals surface area contributed by atoms with Crippen molar-refractivity contribution in [2.24, 2.45) is 11.7 Å². The summed E-state index contributed by atoms with van der Waals surface area (Å²) in [6.07, 6.45) is 5.83. The summed E-state index contributed by atoms with van der Waals surface area (Å²) in [6.45, 7) is 3.79. The minimum atomic E-state index is -0.831. The van der Waals surface area contributed by atoms with Crippen LogP contribution in [0.5, 0.6) is 0 Å². The Morgan fingerprint density at radius 3 is 2.33 bits per heavy atom. The Balaban J connectivity index is 1.98. The first kappa shape index (κ1) is 16.7. The van der Waals surface area contributed by atoms with E-state index in [0.29, 0.717) is 13.2 Å². The van der Waals surface area contributed by atoms with Crippen molar-refractivity contribution in [1.29, 1.82) is 0 Å². The van der Waals surface area contributed by atoms with E-state index in [2.05, 4.69) is 30.9 Å². The minimum absolute atomic E-state index is 0.230. The smallest absolute Gasteiger partial charge is 0.327 e. The van der Waals surface area contributed by atoms with Gasteiger partial charge in [-0.2, -0.15) is 0 Å². The number of ether oxygens (including phenoxy) is 1. The number of hydrogen-bond donors (Lipinski definition) is 1. The molecule has 0 bridgehead atoms. The molecule has 2 aliphatic carbocycles. The van der Waals surface area contributed by atoms with E-state index in [1.807, 2.05) is 6.92 Å². The quantitative estimate of drug-likeness (QED) is 0.679. The molecule has 2 aliphatic rings. The molecule has 0 aliphatic heterocycles. The Hall–Kier alpha value is -0.650. The molecule has 0 aromatic carbocycles. The topological polar surface area (TPSA) is 58.8 Å². The van der Waals surface area contributed by atoms with E-state index in [-0.39, 0.29) is 17.4 Å². The Morgan fingerprint density at radius 2 is 1.95 bits per heavy atom. The van der Waals surface area contributed by atoms with Crippen LogP contribution in [0.1, 0.15) is 39.0 Å². The van der Waals surface area contributed by atoms with Crippen LogP contribution in [0.3, 0.4) is 0 Å². The van der Waals surface area contributed by atoms with Crippen molar-refractivity contribution < 1.29 is 9.53 Å². The highest BCUT2D eigenvalue weighted by Gasteiger charge is 2.50. The Bertz CT molecular complexity index is 378. The van der Waals surface area contributed by atoms with Crippen LogP contribution in [-0.2, 0) is 9.53 Å². The largest absolute Gasteiger partial charge is 0.465 e. The summed E-state index contributed by atoms with van der Waals surface area (Å²) in [4.78, 5) is 16.8. The molecule has 2 N–H and O–H groups in total. The number of esters is 1. The van der Waals surface area contributed by atoms with Crippen molar-refractivity contribution in [3.05, 3.63) is 0 Å². The lowest BCUT2D eigenvalue weighted by molar-refractivity contribution is -0.151. The summed E-state index contributed by atoms with van der Waals surface area (Å²) in [7, 11) is 6.37. The predicted octanol–water partition coefficient (Wildman–Crippen LogP) is 1.07. The molecule has 21 heavy (non-hydrogen) atoms. The van der Waals surface area contributed by atoms with Gasteiger partial charge in [0.25, 0.3) is 0 Å². The van der Waals surface area contributed by atoms with Gasteiger partial charge in [-0.15, -0.1) is 0 Å². The van der Waals surface area contributed by atoms with Gasteiger partial charge in [0, 0.05) is 18.6 Å². The standard InChI is InChI=1S/C16H31N3O2/c1-5-21-14(20)16(17,13-7-8-13)12-19(4)11-15(18(2)3)9-6-10-15/h13H,5-12,17H2,1-4H3. The molecule has 1 unspecified atom stereocenters. The van der Waals surface area contributed by atoms with Gasteiger partial charge in [-0.1, -0.05) is 0 Å². The highest BCUT2D eigenvalue weighted by molar-refractivity contribution is 5.82. The molecule has 122 valence electrons. The van der Waals surface area contributed by atoms with Crippen LogP contribution in [-0.4, -0.2) is 67.7 Å². The summed E-state index contributed by atoms with van der Waals surface area (Å²) >= 11 is 0. The second-order valence-corrected chi connectivity index (χ2v) is 7.18. The number of hydrogen-bond acceptors (Lipinski definition) is 5. The van der Waals surface area contributed by atoms with Gasteiger partial charge in [0.15, 0.2) is 0 Å². The molecule has 1 atom stereocenters. The maximum Gasteiger partial charge on any atom is 0.327 e. The van der Waals surface area contributed by atoms with Crippen LogP contribution in [0.4, 0.5) is 0 Å². The van der Waals surface area contributed by atoms with Crippen LogP contribution in [0.2, 0.25) is 0 Å². The van der Waals surface area contributed by atoms with Gasteiger partial charge < -0.3 is 20.3 Å². The van der Waals surface area contributed by atoms with Crippen LogP contribution in [0.15, 0.2) is 0 Å². The summed E-state index contributed by atoms with van der Waals surface area (Å²) in [6, 6.07) is 0. The van der Waals surface area contributed by atoms with Gasteiger partial charge in [-0.25, -0.2) is 4.79 Å². The van der Waals surface area contributed by atoms with Gasteiger partial charge in [0.2, 0.25) is 0 Å². The van der Waals surface area contributed by atoms with Gasteiger partial charge >= 0.3 is 5.97 Å². The van der Waals surface area contributed by atoms with Crippen LogP contribution < -0.4 is 5.73 Å². The molecule has 2 rings (SSSR count). The molecular weight excluding hydrogens is 266 g/mol. The molecule has 2 saturated carbocycles. The zero-order valence-corrected chi connectivity index (χ0v) is 14.0. The summed E-state index contributed by atoms with van der Waals surface area (Å²) in [5.74, 6) is 0.0579. The predicted molar refractivity (Wildman–Crippen MR) is 84.0 cm³/mol. The second-order valence-electron chi connectivity index (χ2n) is 7.18. The lowest BCUT2D eigenvalue weighted by Gasteiger charge is -2.50. The van der Waals surface area contributed by atoms with E-state index < -0.39 is 5.54 Å². The maximum atomic E-state index is 12.3. The molecule has 0 amide bonds. The number of rotatable bonds is 8. The molecule has 0 spiro atoms. The number of nitrogens with zero attached hydrogens (tertiary/aromatic N) is 2. The normalized spacial score (nSPS) is 23.8. The number of carbonyl (C=O) groups excluding carboxylic acids is 1. The van der Waals surface area contributed by atoms with Crippen molar-refractivity contribution in [1.82, 2.24) is 9.80 Å². The Kier molecular flexibility index (Phi) is 4.96. The van der Waals surface area contributed by atoms with Gasteiger partial charge in [-0.05, 0) is 66.1 Å². The van der Waals surface area contributed by atoms with Crippen molar-refractivity contribution in [2.75, 3.05) is 40.8 Å². The van der Waals surface area contributed by atoms with E-state index in [4.69, 9.17) is 10.5 Å². The fourth-order valence-electron chi connectivity index (χ4n) is 3.56. The first-order valence-electron chi connectivity index (χ1n) is 8.16. The highest BCUT2D eigenvalue weighted by Crippen LogP contribution is 2.41. The van der Waals surface area contributed by atoms with Gasteiger partial charge in [0.1, 0.15) is 5.54 Å². The maximum absolute atomic E-state index is 12.3. The molecule has 0 aromatic rings. The first-order chi connectivity index (χ1) is 9.84. The number of carbonyl (C=O) groups is 1. The third-order valence-electron chi connectivity index (χ3n) is 5.29. The van der Waals surface area contributed by atoms with E-state index in [1.165, 1.54) is 19.3 Å². The molecule has 0 saturated heterocycles. The van der Waals surface area contributed by atoms with Crippen molar-refractivity contribution in [3.63, 3.8) is 0 Å². The molecule has 2 fully saturated rings. The molecular formula is C16H31N3O2. The van der Waals surface area contributed by atoms with Crippen LogP contribution >= 0.6 is 0 Å². The van der Waals surface area contributed by atoms with Crippen LogP contribution in [0, 0.1) is 5.92 Å². The molecule has 0 aromatic heterocycles. The molecule has 0 heterocycles. The summed E-state index contributed by atoms with van der Waals surface area (Å²) in [5, 5.41) is 0. The highest BCUT2D eigenvalue weighted by atomic mass is 16.5. The van der Waals surface area contributed by atoms with E-state index in [1.54, 1.807) is 0 Å². The van der Waals surface area contributed by atoms with Crippen molar-refractivity contribution in [2.45, 2.75) is 50.1 Å². The lowest BCUT2D eigenvalue weighted by atomic mass is 9.75.